The second kappa shape index (κ2) is 14.6. The monoisotopic (exact) mass is 587 g/mol. The molecule has 4 rings (SSSR count). The van der Waals surface area contributed by atoms with E-state index in [0.29, 0.717) is 5.56 Å². The van der Waals surface area contributed by atoms with E-state index in [2.05, 4.69) is 0 Å². The highest BCUT2D eigenvalue weighted by Crippen LogP contribution is 2.48. The fraction of sp³-hybridized carbons (Fsp3) is 0.267. The molecule has 0 saturated heterocycles. The molecule has 2 N–H and O–H groups in total. The van der Waals surface area contributed by atoms with Crippen LogP contribution in [0, 0.1) is 18.6 Å². The highest BCUT2D eigenvalue weighted by Gasteiger charge is 2.34. The molecule has 0 aliphatic carbocycles. The molecule has 0 spiro atoms. The maximum Gasteiger partial charge on any atom is 0.363 e. The van der Waals surface area contributed by atoms with Gasteiger partial charge in [-0.1, -0.05) is 40.7 Å². The topological polar surface area (TPSA) is 140 Å². The molecule has 42 heavy (non-hydrogen) atoms. The normalized spacial score (nSPS) is 11.1. The van der Waals surface area contributed by atoms with Crippen molar-refractivity contribution < 1.29 is 52.5 Å². The van der Waals surface area contributed by atoms with E-state index in [1.54, 1.807) is 0 Å². The van der Waals surface area contributed by atoms with Crippen LogP contribution in [0.3, 0.4) is 0 Å². The number of nitrogens with zero attached hydrogens (tertiary/aromatic N) is 1. The van der Waals surface area contributed by atoms with Gasteiger partial charge in [0.1, 0.15) is 11.5 Å². The fourth-order valence-electron chi connectivity index (χ4n) is 3.68. The number of hydrogen-bond donors (Lipinski definition) is 2. The number of phenols is 2. The number of ether oxygens (including phenoxy) is 2. The Bertz CT molecular complexity index is 1430. The van der Waals surface area contributed by atoms with Crippen molar-refractivity contribution in [3.05, 3.63) is 81.9 Å². The van der Waals surface area contributed by atoms with Crippen LogP contribution in [0.2, 0.25) is 0 Å². The molecule has 0 saturated carbocycles. The molecule has 1 heterocycles. The van der Waals surface area contributed by atoms with Crippen LogP contribution in [-0.2, 0) is 19.2 Å². The number of esters is 1. The van der Waals surface area contributed by atoms with Gasteiger partial charge in [0.2, 0.25) is 0 Å². The zero-order valence-corrected chi connectivity index (χ0v) is 23.9. The third-order valence-corrected chi connectivity index (χ3v) is 5.69. The van der Waals surface area contributed by atoms with Gasteiger partial charge in [-0.3, -0.25) is 9.59 Å². The Morgan fingerprint density at radius 1 is 0.905 bits per heavy atom. The lowest BCUT2D eigenvalue weighted by Crippen LogP contribution is -2.31. The Labute approximate surface area is 241 Å². The Morgan fingerprint density at radius 2 is 1.43 bits per heavy atom. The Hall–Kier alpha value is -5.00. The van der Waals surface area contributed by atoms with Gasteiger partial charge < -0.3 is 24.5 Å². The molecule has 0 unspecified atom stereocenters. The van der Waals surface area contributed by atoms with E-state index in [1.807, 2.05) is 27.7 Å². The minimum absolute atomic E-state index is 0.0288. The molecule has 0 atom stereocenters. The van der Waals surface area contributed by atoms with Gasteiger partial charge in [-0.25, -0.2) is 18.4 Å². The van der Waals surface area contributed by atoms with Crippen LogP contribution in [0.1, 0.15) is 84.5 Å². The van der Waals surface area contributed by atoms with Crippen LogP contribution >= 0.6 is 0 Å². The minimum Gasteiger partial charge on any atom is -0.505 e. The Kier molecular flexibility index (Phi) is 11.5. The van der Waals surface area contributed by atoms with Crippen molar-refractivity contribution in [3.8, 4) is 23.0 Å². The third-order valence-electron chi connectivity index (χ3n) is 5.69. The van der Waals surface area contributed by atoms with Gasteiger partial charge in [-0.2, -0.15) is 0 Å². The van der Waals surface area contributed by atoms with Crippen molar-refractivity contribution in [1.29, 1.82) is 0 Å². The molecule has 3 aromatic carbocycles. The van der Waals surface area contributed by atoms with E-state index in [1.165, 1.54) is 26.0 Å². The standard InChI is InChI=1S/C26H19F2NO9.2C2H6/c1-3-23(33)29(11-30)38-25(34)13-5-4-12(2)14(6-13)26(35)37-24-15-7-17(27)19(31)9-21(15)36-22-10-20(32)18(28)8-16(22)24;2*1-2/h4-11,24,31-32H,3H2,1-2H3;2*1-2H3. The lowest BCUT2D eigenvalue weighted by Gasteiger charge is -2.28. The molecular formula is C30H31F2NO9. The minimum atomic E-state index is -1.44. The van der Waals surface area contributed by atoms with Crippen LogP contribution in [-0.4, -0.2) is 39.5 Å². The van der Waals surface area contributed by atoms with E-state index >= 15 is 0 Å². The molecule has 3 aromatic rings. The van der Waals surface area contributed by atoms with Gasteiger partial charge in [-0.15, -0.1) is 5.06 Å². The number of aryl methyl sites for hydroxylation is 1. The van der Waals surface area contributed by atoms with Crippen LogP contribution in [0.25, 0.3) is 0 Å². The number of halogens is 2. The summed E-state index contributed by atoms with van der Waals surface area (Å²) >= 11 is 0. The maximum atomic E-state index is 14.2. The zero-order valence-electron chi connectivity index (χ0n) is 23.9. The van der Waals surface area contributed by atoms with Crippen molar-refractivity contribution in [3.63, 3.8) is 0 Å². The summed E-state index contributed by atoms with van der Waals surface area (Å²) in [5, 5.41) is 19.7. The molecule has 0 aromatic heterocycles. The van der Waals surface area contributed by atoms with E-state index in [0.717, 1.165) is 30.3 Å². The molecular weight excluding hydrogens is 556 g/mol. The number of fused-ring (bicyclic) bond motifs is 2. The highest BCUT2D eigenvalue weighted by molar-refractivity contribution is 5.97. The van der Waals surface area contributed by atoms with Gasteiger partial charge in [0.25, 0.3) is 12.3 Å². The first-order valence-corrected chi connectivity index (χ1v) is 13.1. The Balaban J connectivity index is 0.00000148. The number of rotatable bonds is 5. The molecule has 12 heteroatoms. The molecule has 0 radical (unpaired) electrons. The number of hydroxylamine groups is 2. The smallest absolute Gasteiger partial charge is 0.363 e. The van der Waals surface area contributed by atoms with Crippen molar-refractivity contribution in [2.45, 2.75) is 54.1 Å². The first-order chi connectivity index (χ1) is 20.0. The van der Waals surface area contributed by atoms with Crippen LogP contribution in [0.5, 0.6) is 23.0 Å². The van der Waals surface area contributed by atoms with Crippen LogP contribution in [0.15, 0.2) is 42.5 Å². The van der Waals surface area contributed by atoms with Gasteiger partial charge >= 0.3 is 11.9 Å². The van der Waals surface area contributed by atoms with E-state index in [9.17, 15) is 38.2 Å². The van der Waals surface area contributed by atoms with Crippen molar-refractivity contribution in [2.75, 3.05) is 0 Å². The predicted octanol–water partition coefficient (Wildman–Crippen LogP) is 6.26. The summed E-state index contributed by atoms with van der Waals surface area (Å²) in [6, 6.07) is 7.38. The first kappa shape index (κ1) is 33.2. The van der Waals surface area contributed by atoms with E-state index < -0.39 is 47.1 Å². The quantitative estimate of drug-likeness (QED) is 0.201. The number of hydrogen-bond acceptors (Lipinski definition) is 9. The number of aromatic hydroxyl groups is 2. The second-order valence-corrected chi connectivity index (χ2v) is 8.16. The van der Waals surface area contributed by atoms with Gasteiger partial charge in [0.15, 0.2) is 29.2 Å². The van der Waals surface area contributed by atoms with Crippen molar-refractivity contribution in [1.82, 2.24) is 5.06 Å². The molecule has 0 fully saturated rings. The molecule has 1 aliphatic heterocycles. The number of imide groups is 1. The SMILES string of the molecule is CC.CC.CCC(=O)N(C=O)OC(=O)c1ccc(C)c(C(=O)OC2c3cc(F)c(O)cc3Oc3cc(O)c(F)cc32)c1. The average molecular weight is 588 g/mol. The number of phenolic OH excluding ortho intramolecular Hbond substituents is 2. The van der Waals surface area contributed by atoms with E-state index in [-0.39, 0.29) is 51.6 Å². The maximum absolute atomic E-state index is 14.2. The van der Waals surface area contributed by atoms with E-state index in [4.69, 9.17) is 14.3 Å². The lowest BCUT2D eigenvalue weighted by molar-refractivity contribution is -0.171. The largest absolute Gasteiger partial charge is 0.505 e. The van der Waals surface area contributed by atoms with Crippen molar-refractivity contribution >= 4 is 24.3 Å². The second-order valence-electron chi connectivity index (χ2n) is 8.16. The summed E-state index contributed by atoms with van der Waals surface area (Å²) in [7, 11) is 0. The number of carbonyl (C=O) groups excluding carboxylic acids is 4. The molecule has 224 valence electrons. The number of benzene rings is 3. The predicted molar refractivity (Wildman–Crippen MR) is 146 cm³/mol. The van der Waals surface area contributed by atoms with Crippen LogP contribution in [0.4, 0.5) is 8.78 Å². The summed E-state index contributed by atoms with van der Waals surface area (Å²) in [6.07, 6.45) is -1.52. The van der Waals surface area contributed by atoms with Crippen molar-refractivity contribution in [2.24, 2.45) is 0 Å². The summed E-state index contributed by atoms with van der Waals surface area (Å²) in [5.41, 5.74) is -0.0898. The van der Waals surface area contributed by atoms with Crippen LogP contribution < -0.4 is 4.74 Å². The number of carbonyl (C=O) groups is 4. The molecule has 0 bridgehead atoms. The summed E-state index contributed by atoms with van der Waals surface area (Å²) in [4.78, 5) is 53.3. The Morgan fingerprint density at radius 3 is 1.90 bits per heavy atom. The molecule has 10 nitrogen and oxygen atoms in total. The summed E-state index contributed by atoms with van der Waals surface area (Å²) in [5.74, 6) is -6.73. The highest BCUT2D eigenvalue weighted by atomic mass is 19.1. The molecule has 2 amide bonds. The summed E-state index contributed by atoms with van der Waals surface area (Å²) in [6.45, 7) is 11.0. The van der Waals surface area contributed by atoms with Gasteiger partial charge in [0.05, 0.1) is 11.1 Å². The molecule has 1 aliphatic rings. The van der Waals surface area contributed by atoms with Gasteiger partial charge in [0, 0.05) is 29.7 Å². The fourth-order valence-corrected chi connectivity index (χ4v) is 3.68. The summed E-state index contributed by atoms with van der Waals surface area (Å²) < 4.78 is 39.6. The zero-order chi connectivity index (χ0) is 31.7. The third kappa shape index (κ3) is 7.00. The number of amides is 2. The average Bonchev–Trinajstić information content (AvgIpc) is 2.99. The van der Waals surface area contributed by atoms with Gasteiger partial charge in [-0.05, 0) is 36.8 Å². The lowest BCUT2D eigenvalue weighted by atomic mass is 9.96. The first-order valence-electron chi connectivity index (χ1n) is 13.1.